The van der Waals surface area contributed by atoms with Crippen LogP contribution in [-0.2, 0) is 4.79 Å². The topological polar surface area (TPSA) is 66.4 Å². The van der Waals surface area contributed by atoms with Crippen LogP contribution in [0.4, 0.5) is 0 Å². The number of aromatic nitrogens is 2. The van der Waals surface area contributed by atoms with E-state index < -0.39 is 0 Å². The van der Waals surface area contributed by atoms with Gasteiger partial charge in [-0.25, -0.2) is 9.97 Å². The van der Waals surface area contributed by atoms with E-state index in [2.05, 4.69) is 28.7 Å². The highest BCUT2D eigenvalue weighted by Crippen LogP contribution is 2.42. The van der Waals surface area contributed by atoms with Crippen LogP contribution in [0.25, 0.3) is 0 Å². The molecule has 4 rings (SSSR count). The van der Waals surface area contributed by atoms with Crippen LogP contribution in [-0.4, -0.2) is 57.3 Å². The minimum atomic E-state index is 0.0387. The van der Waals surface area contributed by atoms with Gasteiger partial charge in [0.05, 0.1) is 11.3 Å². The summed E-state index contributed by atoms with van der Waals surface area (Å²) in [6, 6.07) is 0.458. The average molecular weight is 370 g/mol. The number of rotatable bonds is 3. The summed E-state index contributed by atoms with van der Waals surface area (Å²) in [6.45, 7) is 8.36. The maximum atomic E-state index is 13.2. The molecule has 146 valence electrons. The van der Waals surface area contributed by atoms with E-state index in [9.17, 15) is 9.59 Å². The fourth-order valence-corrected chi connectivity index (χ4v) is 4.62. The standard InChI is InChI=1S/C21H30N4O2/c1-14(2)19-22-11-17(15(3)23-19)20(27)24-10-4-8-21(12-24)9-7-18(26)25(13-21)16-5-6-16/h11,14,16H,4-10,12-13H2,1-3H3/t21-/m0/s1. The number of piperidine rings is 2. The normalized spacial score (nSPS) is 26.1. The van der Waals surface area contributed by atoms with Crippen LogP contribution in [0.1, 0.15) is 80.2 Å². The van der Waals surface area contributed by atoms with Gasteiger partial charge in [0.1, 0.15) is 5.82 Å². The molecule has 2 aliphatic heterocycles. The molecule has 27 heavy (non-hydrogen) atoms. The summed E-state index contributed by atoms with van der Waals surface area (Å²) >= 11 is 0. The molecule has 0 radical (unpaired) electrons. The second-order valence-corrected chi connectivity index (χ2v) is 8.97. The largest absolute Gasteiger partial charge is 0.339 e. The zero-order chi connectivity index (χ0) is 19.2. The van der Waals surface area contributed by atoms with E-state index in [-0.39, 0.29) is 17.2 Å². The fraction of sp³-hybridized carbons (Fsp3) is 0.714. The molecule has 2 saturated heterocycles. The lowest BCUT2D eigenvalue weighted by molar-refractivity contribution is -0.139. The number of hydrogen-bond acceptors (Lipinski definition) is 4. The Balaban J connectivity index is 1.51. The molecule has 3 fully saturated rings. The Kier molecular flexibility index (Phi) is 4.68. The summed E-state index contributed by atoms with van der Waals surface area (Å²) in [7, 11) is 0. The van der Waals surface area contributed by atoms with Gasteiger partial charge in [0, 0.05) is 49.6 Å². The van der Waals surface area contributed by atoms with Crippen LogP contribution in [0.2, 0.25) is 0 Å². The van der Waals surface area contributed by atoms with Gasteiger partial charge in [-0.05, 0) is 39.0 Å². The Morgan fingerprint density at radius 2 is 2.04 bits per heavy atom. The molecule has 1 spiro atoms. The fourth-order valence-electron chi connectivity index (χ4n) is 4.62. The molecule has 0 N–H and O–H groups in total. The molecule has 2 amide bonds. The first-order valence-corrected chi connectivity index (χ1v) is 10.3. The molecule has 0 unspecified atom stereocenters. The number of amides is 2. The van der Waals surface area contributed by atoms with Gasteiger partial charge in [-0.1, -0.05) is 13.8 Å². The van der Waals surface area contributed by atoms with Gasteiger partial charge in [-0.15, -0.1) is 0 Å². The smallest absolute Gasteiger partial charge is 0.257 e. The molecule has 1 saturated carbocycles. The molecular weight excluding hydrogens is 340 g/mol. The van der Waals surface area contributed by atoms with E-state index in [1.54, 1.807) is 6.20 Å². The molecule has 1 aromatic heterocycles. The summed E-state index contributed by atoms with van der Waals surface area (Å²) < 4.78 is 0. The molecule has 6 heteroatoms. The van der Waals surface area contributed by atoms with Crippen LogP contribution >= 0.6 is 0 Å². The summed E-state index contributed by atoms with van der Waals surface area (Å²) in [5, 5.41) is 0. The van der Waals surface area contributed by atoms with E-state index in [1.165, 1.54) is 0 Å². The van der Waals surface area contributed by atoms with Gasteiger partial charge in [-0.3, -0.25) is 9.59 Å². The Morgan fingerprint density at radius 3 is 2.70 bits per heavy atom. The van der Waals surface area contributed by atoms with Crippen LogP contribution in [0.5, 0.6) is 0 Å². The van der Waals surface area contributed by atoms with E-state index in [0.29, 0.717) is 23.9 Å². The van der Waals surface area contributed by atoms with Crippen molar-refractivity contribution in [2.75, 3.05) is 19.6 Å². The van der Waals surface area contributed by atoms with E-state index in [1.807, 2.05) is 11.8 Å². The first kappa shape index (κ1) is 18.4. The number of likely N-dealkylation sites (tertiary alicyclic amines) is 2. The maximum Gasteiger partial charge on any atom is 0.257 e. The van der Waals surface area contributed by atoms with Gasteiger partial charge >= 0.3 is 0 Å². The van der Waals surface area contributed by atoms with E-state index >= 15 is 0 Å². The van der Waals surface area contributed by atoms with Crippen molar-refractivity contribution in [3.8, 4) is 0 Å². The number of carbonyl (C=O) groups excluding carboxylic acids is 2. The second-order valence-electron chi connectivity index (χ2n) is 8.97. The third kappa shape index (κ3) is 3.58. The number of hydrogen-bond donors (Lipinski definition) is 0. The van der Waals surface area contributed by atoms with Crippen molar-refractivity contribution in [2.45, 2.75) is 71.3 Å². The molecule has 1 aliphatic carbocycles. The van der Waals surface area contributed by atoms with Crippen LogP contribution in [0.3, 0.4) is 0 Å². The zero-order valence-corrected chi connectivity index (χ0v) is 16.7. The van der Waals surface area contributed by atoms with Crippen molar-refractivity contribution in [3.05, 3.63) is 23.3 Å². The van der Waals surface area contributed by atoms with E-state index in [0.717, 1.165) is 63.3 Å². The Bertz CT molecular complexity index is 759. The molecule has 0 bridgehead atoms. The highest BCUT2D eigenvalue weighted by atomic mass is 16.2. The average Bonchev–Trinajstić information content (AvgIpc) is 3.48. The van der Waals surface area contributed by atoms with Crippen molar-refractivity contribution in [2.24, 2.45) is 5.41 Å². The first-order chi connectivity index (χ1) is 12.9. The zero-order valence-electron chi connectivity index (χ0n) is 16.7. The molecule has 1 atom stereocenters. The number of carbonyl (C=O) groups is 2. The van der Waals surface area contributed by atoms with Crippen molar-refractivity contribution in [1.82, 2.24) is 19.8 Å². The third-order valence-electron chi connectivity index (χ3n) is 6.38. The lowest BCUT2D eigenvalue weighted by atomic mass is 9.73. The Labute approximate surface area is 161 Å². The van der Waals surface area contributed by atoms with Crippen molar-refractivity contribution < 1.29 is 9.59 Å². The SMILES string of the molecule is Cc1nc(C(C)C)ncc1C(=O)N1CCC[C@]2(CCC(=O)N(C3CC3)C2)C1. The summed E-state index contributed by atoms with van der Waals surface area (Å²) in [6.07, 6.45) is 7.62. The van der Waals surface area contributed by atoms with Gasteiger partial charge < -0.3 is 9.80 Å². The number of aryl methyl sites for hydroxylation is 1. The van der Waals surface area contributed by atoms with Crippen molar-refractivity contribution in [3.63, 3.8) is 0 Å². The van der Waals surface area contributed by atoms with Crippen molar-refractivity contribution >= 4 is 11.8 Å². The van der Waals surface area contributed by atoms with Gasteiger partial charge in [0.15, 0.2) is 0 Å². The lowest BCUT2D eigenvalue weighted by Gasteiger charge is -2.48. The monoisotopic (exact) mass is 370 g/mol. The van der Waals surface area contributed by atoms with Gasteiger partial charge in [0.2, 0.25) is 5.91 Å². The van der Waals surface area contributed by atoms with E-state index in [4.69, 9.17) is 0 Å². The second kappa shape index (κ2) is 6.88. The predicted molar refractivity (Wildman–Crippen MR) is 102 cm³/mol. The molecule has 0 aromatic carbocycles. The van der Waals surface area contributed by atoms with Crippen LogP contribution in [0, 0.1) is 12.3 Å². The highest BCUT2D eigenvalue weighted by molar-refractivity contribution is 5.95. The molecule has 1 aromatic rings. The van der Waals surface area contributed by atoms with Crippen LogP contribution in [0.15, 0.2) is 6.20 Å². The molecule has 6 nitrogen and oxygen atoms in total. The number of nitrogens with zero attached hydrogens (tertiary/aromatic N) is 4. The first-order valence-electron chi connectivity index (χ1n) is 10.3. The Morgan fingerprint density at radius 1 is 1.26 bits per heavy atom. The third-order valence-corrected chi connectivity index (χ3v) is 6.38. The van der Waals surface area contributed by atoms with Crippen LogP contribution < -0.4 is 0 Å². The Hall–Kier alpha value is -1.98. The molecule has 3 heterocycles. The van der Waals surface area contributed by atoms with Gasteiger partial charge in [-0.2, -0.15) is 0 Å². The lowest BCUT2D eigenvalue weighted by Crippen LogP contribution is -2.55. The van der Waals surface area contributed by atoms with Crippen molar-refractivity contribution in [1.29, 1.82) is 0 Å². The minimum Gasteiger partial charge on any atom is -0.339 e. The molecular formula is C21H30N4O2. The van der Waals surface area contributed by atoms with Gasteiger partial charge in [0.25, 0.3) is 5.91 Å². The summed E-state index contributed by atoms with van der Waals surface area (Å²) in [4.78, 5) is 38.5. The summed E-state index contributed by atoms with van der Waals surface area (Å²) in [5.41, 5.74) is 1.44. The summed E-state index contributed by atoms with van der Waals surface area (Å²) in [5.74, 6) is 1.38. The molecule has 3 aliphatic rings. The predicted octanol–water partition coefficient (Wildman–Crippen LogP) is 2.92. The highest BCUT2D eigenvalue weighted by Gasteiger charge is 2.46. The maximum absolute atomic E-state index is 13.2. The quantitative estimate of drug-likeness (QED) is 0.820. The minimum absolute atomic E-state index is 0.0387.